The van der Waals surface area contributed by atoms with Gasteiger partial charge in [-0.1, -0.05) is 23.2 Å². The summed E-state index contributed by atoms with van der Waals surface area (Å²) in [5, 5.41) is 4.10. The van der Waals surface area contributed by atoms with Crippen LogP contribution in [-0.4, -0.2) is 4.98 Å². The Morgan fingerprint density at radius 2 is 1.95 bits per heavy atom. The molecule has 2 aromatic heterocycles. The summed E-state index contributed by atoms with van der Waals surface area (Å²) >= 11 is 13.8. The molecule has 1 unspecified atom stereocenters. The number of nitrogens with one attached hydrogen (secondary N) is 2. The maximum Gasteiger partial charge on any atom is 0.161 e. The third-order valence-corrected chi connectivity index (χ3v) is 4.37. The molecule has 0 saturated carbocycles. The number of hydrogen-bond acceptors (Lipinski definition) is 5. The molecule has 19 heavy (non-hydrogen) atoms. The van der Waals surface area contributed by atoms with Crippen molar-refractivity contribution in [3.05, 3.63) is 38.0 Å². The van der Waals surface area contributed by atoms with E-state index >= 15 is 0 Å². The first-order valence-electron chi connectivity index (χ1n) is 5.66. The lowest BCUT2D eigenvalue weighted by molar-refractivity contribution is 0.896. The number of anilines is 2. The lowest BCUT2D eigenvalue weighted by Crippen LogP contribution is -2.12. The van der Waals surface area contributed by atoms with Gasteiger partial charge in [-0.2, -0.15) is 0 Å². The molecule has 0 radical (unpaired) electrons. The molecule has 102 valence electrons. The molecule has 2 aromatic rings. The van der Waals surface area contributed by atoms with E-state index in [2.05, 4.69) is 34.8 Å². The highest BCUT2D eigenvalue weighted by Crippen LogP contribution is 2.32. The number of hydrogen-bond donors (Lipinski definition) is 3. The Hall–Kier alpha value is -1.01. The van der Waals surface area contributed by atoms with Crippen LogP contribution in [0, 0.1) is 6.92 Å². The fourth-order valence-corrected chi connectivity index (χ4v) is 2.98. The van der Waals surface area contributed by atoms with E-state index in [-0.39, 0.29) is 6.04 Å². The van der Waals surface area contributed by atoms with Crippen molar-refractivity contribution < 1.29 is 0 Å². The fraction of sp³-hybridized carbons (Fsp3) is 0.250. The molecule has 0 aromatic carbocycles. The van der Waals surface area contributed by atoms with Crippen molar-refractivity contribution in [3.63, 3.8) is 0 Å². The summed E-state index contributed by atoms with van der Waals surface area (Å²) in [6.07, 6.45) is 0. The van der Waals surface area contributed by atoms with Gasteiger partial charge in [-0.25, -0.2) is 10.8 Å². The number of rotatable bonds is 4. The Morgan fingerprint density at radius 1 is 1.26 bits per heavy atom. The zero-order valence-electron chi connectivity index (χ0n) is 10.5. The van der Waals surface area contributed by atoms with Crippen LogP contribution in [0.25, 0.3) is 0 Å². The third kappa shape index (κ3) is 3.30. The smallest absolute Gasteiger partial charge is 0.161 e. The average Bonchev–Trinajstić information content (AvgIpc) is 2.79. The van der Waals surface area contributed by atoms with Crippen molar-refractivity contribution in [2.75, 3.05) is 10.7 Å². The summed E-state index contributed by atoms with van der Waals surface area (Å²) in [5.74, 6) is 6.29. The largest absolute Gasteiger partial charge is 0.361 e. The van der Waals surface area contributed by atoms with Crippen LogP contribution >= 0.6 is 34.5 Å². The summed E-state index contributed by atoms with van der Waals surface area (Å²) in [7, 11) is 0. The molecule has 0 amide bonds. The van der Waals surface area contributed by atoms with Crippen LogP contribution in [0.15, 0.2) is 18.2 Å². The molecule has 2 rings (SSSR count). The minimum absolute atomic E-state index is 0.107. The highest BCUT2D eigenvalue weighted by atomic mass is 35.5. The molecule has 0 aliphatic carbocycles. The van der Waals surface area contributed by atoms with Crippen LogP contribution < -0.4 is 16.6 Å². The van der Waals surface area contributed by atoms with Crippen molar-refractivity contribution in [2.24, 2.45) is 5.84 Å². The topological polar surface area (TPSA) is 63.0 Å². The van der Waals surface area contributed by atoms with Crippen LogP contribution in [-0.2, 0) is 0 Å². The predicted octanol–water partition coefficient (Wildman–Crippen LogP) is 4.22. The van der Waals surface area contributed by atoms with E-state index in [1.54, 1.807) is 17.4 Å². The quantitative estimate of drug-likeness (QED) is 0.584. The highest BCUT2D eigenvalue weighted by Gasteiger charge is 2.13. The Bertz CT molecular complexity index is 585. The normalized spacial score (nSPS) is 12.3. The van der Waals surface area contributed by atoms with E-state index < -0.39 is 0 Å². The number of nitrogens with two attached hydrogens (primary N) is 1. The van der Waals surface area contributed by atoms with Crippen molar-refractivity contribution in [2.45, 2.75) is 19.9 Å². The Balaban J connectivity index is 2.23. The van der Waals surface area contributed by atoms with Gasteiger partial charge >= 0.3 is 0 Å². The molecule has 0 spiro atoms. The molecule has 4 N–H and O–H groups in total. The zero-order chi connectivity index (χ0) is 14.0. The number of nitrogen functional groups attached to an aromatic ring is 1. The van der Waals surface area contributed by atoms with Crippen LogP contribution in [0.3, 0.4) is 0 Å². The maximum atomic E-state index is 6.12. The van der Waals surface area contributed by atoms with Gasteiger partial charge in [-0.05, 0) is 32.0 Å². The molecule has 7 heteroatoms. The highest BCUT2D eigenvalue weighted by molar-refractivity contribution is 7.12. The number of thiophene rings is 1. The van der Waals surface area contributed by atoms with Crippen molar-refractivity contribution in [1.82, 2.24) is 4.98 Å². The van der Waals surface area contributed by atoms with E-state index in [1.165, 1.54) is 9.75 Å². The summed E-state index contributed by atoms with van der Waals surface area (Å²) < 4.78 is 0. The monoisotopic (exact) mass is 316 g/mol. The number of hydrazine groups is 1. The number of aromatic nitrogens is 1. The first-order chi connectivity index (χ1) is 9.01. The van der Waals surface area contributed by atoms with E-state index in [1.807, 2.05) is 6.92 Å². The first kappa shape index (κ1) is 14.4. The molecule has 4 nitrogen and oxygen atoms in total. The molecule has 0 bridgehead atoms. The molecule has 0 fully saturated rings. The molecular formula is C12H14Cl2N4S. The minimum atomic E-state index is 0.107. The van der Waals surface area contributed by atoms with E-state index in [9.17, 15) is 0 Å². The molecule has 2 heterocycles. The summed E-state index contributed by atoms with van der Waals surface area (Å²) in [6, 6.07) is 5.89. The molecular weight excluding hydrogens is 303 g/mol. The molecule has 0 aliphatic heterocycles. The molecule has 1 atom stereocenters. The number of pyridine rings is 1. The fourth-order valence-electron chi connectivity index (χ4n) is 1.63. The van der Waals surface area contributed by atoms with Crippen LogP contribution in [0.4, 0.5) is 11.6 Å². The second kappa shape index (κ2) is 5.96. The Kier molecular flexibility index (Phi) is 4.52. The van der Waals surface area contributed by atoms with Gasteiger partial charge < -0.3 is 10.7 Å². The second-order valence-electron chi connectivity index (χ2n) is 4.11. The van der Waals surface area contributed by atoms with Gasteiger partial charge in [0.05, 0.1) is 16.1 Å². The zero-order valence-corrected chi connectivity index (χ0v) is 12.8. The van der Waals surface area contributed by atoms with Crippen LogP contribution in [0.5, 0.6) is 0 Å². The number of nitrogens with zero attached hydrogens (tertiary/aromatic N) is 1. The van der Waals surface area contributed by atoms with E-state index in [0.29, 0.717) is 21.7 Å². The standard InChI is InChI=1S/C12H14Cl2N4S/c1-6-3-4-10(19-6)7(2)16-11-8(13)5-9(14)12(17-11)18-15/h3-5,7H,15H2,1-2H3,(H2,16,17,18). The molecule has 0 aliphatic rings. The van der Waals surface area contributed by atoms with Crippen molar-refractivity contribution in [1.29, 1.82) is 0 Å². The first-order valence-corrected chi connectivity index (χ1v) is 7.24. The van der Waals surface area contributed by atoms with Crippen LogP contribution in [0.1, 0.15) is 22.7 Å². The van der Waals surface area contributed by atoms with Crippen molar-refractivity contribution in [3.8, 4) is 0 Å². The summed E-state index contributed by atoms with van der Waals surface area (Å²) in [4.78, 5) is 6.74. The summed E-state index contributed by atoms with van der Waals surface area (Å²) in [5.41, 5.74) is 2.44. The number of aryl methyl sites for hydroxylation is 1. The summed E-state index contributed by atoms with van der Waals surface area (Å²) in [6.45, 7) is 4.12. The van der Waals surface area contributed by atoms with Gasteiger partial charge in [-0.3, -0.25) is 0 Å². The van der Waals surface area contributed by atoms with Gasteiger partial charge in [0, 0.05) is 9.75 Å². The van der Waals surface area contributed by atoms with Gasteiger partial charge in [0.2, 0.25) is 0 Å². The van der Waals surface area contributed by atoms with Crippen LogP contribution in [0.2, 0.25) is 10.0 Å². The minimum Gasteiger partial charge on any atom is -0.361 e. The Labute approximate surface area is 125 Å². The third-order valence-electron chi connectivity index (χ3n) is 2.61. The lowest BCUT2D eigenvalue weighted by atomic mass is 10.2. The number of halogens is 2. The van der Waals surface area contributed by atoms with Crippen molar-refractivity contribution >= 4 is 46.2 Å². The predicted molar refractivity (Wildman–Crippen MR) is 83.2 cm³/mol. The maximum absolute atomic E-state index is 6.12. The van der Waals surface area contributed by atoms with E-state index in [4.69, 9.17) is 29.0 Å². The SMILES string of the molecule is Cc1ccc(C(C)Nc2nc(NN)c(Cl)cc2Cl)s1. The molecule has 0 saturated heterocycles. The van der Waals surface area contributed by atoms with Gasteiger partial charge in [0.1, 0.15) is 5.82 Å². The Morgan fingerprint density at radius 3 is 2.53 bits per heavy atom. The van der Waals surface area contributed by atoms with Gasteiger partial charge in [-0.15, -0.1) is 11.3 Å². The average molecular weight is 317 g/mol. The van der Waals surface area contributed by atoms with E-state index in [0.717, 1.165) is 0 Å². The second-order valence-corrected chi connectivity index (χ2v) is 6.24. The lowest BCUT2D eigenvalue weighted by Gasteiger charge is -2.15. The van der Waals surface area contributed by atoms with Gasteiger partial charge in [0.15, 0.2) is 5.82 Å². The van der Waals surface area contributed by atoms with Gasteiger partial charge in [0.25, 0.3) is 0 Å².